The smallest absolute Gasteiger partial charge is 0.262 e. The number of hydrogen-bond acceptors (Lipinski definition) is 3. The first-order chi connectivity index (χ1) is 7.39. The molecule has 2 rings (SSSR count). The molecule has 0 spiro atoms. The Labute approximate surface area is 85.5 Å². The number of carbonyl (C=O) groups is 1. The summed E-state index contributed by atoms with van der Waals surface area (Å²) in [5.74, 6) is -2.83. The molecule has 0 aliphatic rings. The summed E-state index contributed by atoms with van der Waals surface area (Å²) < 4.78 is 49.1. The van der Waals surface area contributed by atoms with E-state index in [1.165, 1.54) is 0 Å². The van der Waals surface area contributed by atoms with Crippen molar-refractivity contribution in [2.45, 2.75) is 6.18 Å². The fourth-order valence-electron chi connectivity index (χ4n) is 1.17. The largest absolute Gasteiger partial charge is 0.473 e. The highest BCUT2D eigenvalue weighted by atomic mass is 19.4. The van der Waals surface area contributed by atoms with Crippen LogP contribution < -0.4 is 0 Å². The van der Waals surface area contributed by atoms with Crippen LogP contribution in [-0.4, -0.2) is 27.1 Å². The summed E-state index contributed by atoms with van der Waals surface area (Å²) >= 11 is 0. The average Bonchev–Trinajstić information content (AvgIpc) is 2.57. The van der Waals surface area contributed by atoms with Crippen molar-refractivity contribution in [1.82, 2.24) is 15.0 Å². The molecule has 0 bridgehead atoms. The minimum absolute atomic E-state index is 0.0920. The predicted octanol–water partition coefficient (Wildman–Crippen LogP) is 1.77. The molecule has 0 amide bonds. The van der Waals surface area contributed by atoms with Gasteiger partial charge in [-0.05, 0) is 12.1 Å². The van der Waals surface area contributed by atoms with Gasteiger partial charge in [-0.15, -0.1) is 5.10 Å². The Morgan fingerprint density at radius 1 is 1.31 bits per heavy atom. The van der Waals surface area contributed by atoms with Crippen molar-refractivity contribution < 1.29 is 22.4 Å². The number of halogens is 4. The van der Waals surface area contributed by atoms with Gasteiger partial charge in [0.1, 0.15) is 11.3 Å². The van der Waals surface area contributed by atoms with Crippen molar-refractivity contribution in [2.24, 2.45) is 0 Å². The number of fused-ring (bicyclic) bond motifs is 1. The molecule has 4 nitrogen and oxygen atoms in total. The van der Waals surface area contributed by atoms with E-state index >= 15 is 0 Å². The highest BCUT2D eigenvalue weighted by Crippen LogP contribution is 2.20. The Morgan fingerprint density at radius 3 is 2.62 bits per heavy atom. The van der Waals surface area contributed by atoms with Gasteiger partial charge in [-0.25, -0.2) is 4.39 Å². The van der Waals surface area contributed by atoms with E-state index in [2.05, 4.69) is 10.3 Å². The fourth-order valence-corrected chi connectivity index (χ4v) is 1.17. The summed E-state index contributed by atoms with van der Waals surface area (Å²) in [6.07, 6.45) is -5.05. The van der Waals surface area contributed by atoms with E-state index in [1.807, 2.05) is 0 Å². The Balaban J connectivity index is 2.59. The number of carbonyl (C=O) groups excluding carboxylic acids is 1. The van der Waals surface area contributed by atoms with Crippen LogP contribution in [0.5, 0.6) is 0 Å². The zero-order valence-electron chi connectivity index (χ0n) is 7.49. The van der Waals surface area contributed by atoms with Gasteiger partial charge in [-0.1, -0.05) is 5.21 Å². The molecule has 0 saturated heterocycles. The van der Waals surface area contributed by atoms with Gasteiger partial charge < -0.3 is 0 Å². The Bertz CT molecular complexity index is 560. The number of rotatable bonds is 0. The third kappa shape index (κ3) is 1.62. The second-order valence-corrected chi connectivity index (χ2v) is 2.94. The zero-order chi connectivity index (χ0) is 11.9. The molecule has 0 atom stereocenters. The van der Waals surface area contributed by atoms with Gasteiger partial charge in [0.25, 0.3) is 0 Å². The third-order valence-electron chi connectivity index (χ3n) is 1.84. The van der Waals surface area contributed by atoms with Crippen LogP contribution in [0.1, 0.15) is 4.79 Å². The molecule has 0 saturated carbocycles. The van der Waals surface area contributed by atoms with Gasteiger partial charge >= 0.3 is 12.1 Å². The summed E-state index contributed by atoms with van der Waals surface area (Å²) in [5, 5.41) is 6.30. The van der Waals surface area contributed by atoms with Crippen LogP contribution in [-0.2, 0) is 0 Å². The van der Waals surface area contributed by atoms with E-state index < -0.39 is 17.9 Å². The fraction of sp³-hybridized carbons (Fsp3) is 0.125. The SMILES string of the molecule is O=C(n1nnc2cc(F)ccc21)C(F)(F)F. The first kappa shape index (κ1) is 10.5. The Hall–Kier alpha value is -1.99. The molecule has 0 aliphatic heterocycles. The maximum absolute atomic E-state index is 12.7. The lowest BCUT2D eigenvalue weighted by Crippen LogP contribution is -2.29. The molecule has 1 aromatic carbocycles. The molecule has 84 valence electrons. The molecule has 0 unspecified atom stereocenters. The first-order valence-electron chi connectivity index (χ1n) is 4.02. The Morgan fingerprint density at radius 2 is 2.00 bits per heavy atom. The lowest BCUT2D eigenvalue weighted by Gasteiger charge is -2.03. The quantitative estimate of drug-likeness (QED) is 0.651. The second kappa shape index (κ2) is 3.26. The number of hydrogen-bond donors (Lipinski definition) is 0. The molecule has 0 N–H and O–H groups in total. The molecule has 0 aliphatic carbocycles. The lowest BCUT2D eigenvalue weighted by atomic mass is 10.3. The van der Waals surface area contributed by atoms with E-state index in [1.54, 1.807) is 0 Å². The van der Waals surface area contributed by atoms with Crippen LogP contribution in [0.25, 0.3) is 11.0 Å². The maximum atomic E-state index is 12.7. The highest BCUT2D eigenvalue weighted by Gasteiger charge is 2.41. The molecule has 8 heteroatoms. The third-order valence-corrected chi connectivity index (χ3v) is 1.84. The van der Waals surface area contributed by atoms with Crippen molar-refractivity contribution in [3.05, 3.63) is 24.0 Å². The van der Waals surface area contributed by atoms with Crippen LogP contribution in [0.4, 0.5) is 17.6 Å². The normalized spacial score (nSPS) is 12.0. The van der Waals surface area contributed by atoms with E-state index in [-0.39, 0.29) is 15.7 Å². The van der Waals surface area contributed by atoms with Crippen LogP contribution in [0.3, 0.4) is 0 Å². The summed E-state index contributed by atoms with van der Waals surface area (Å²) in [6.45, 7) is 0. The van der Waals surface area contributed by atoms with Crippen LogP contribution in [0, 0.1) is 5.82 Å². The minimum atomic E-state index is -5.05. The molecule has 2 aromatic rings. The van der Waals surface area contributed by atoms with Crippen molar-refractivity contribution in [1.29, 1.82) is 0 Å². The zero-order valence-corrected chi connectivity index (χ0v) is 7.49. The van der Waals surface area contributed by atoms with Crippen molar-refractivity contribution >= 4 is 16.9 Å². The average molecular weight is 233 g/mol. The van der Waals surface area contributed by atoms with Gasteiger partial charge in [0.05, 0.1) is 5.52 Å². The van der Waals surface area contributed by atoms with Gasteiger partial charge in [-0.2, -0.15) is 17.9 Å². The molecule has 0 radical (unpaired) electrons. The standard InChI is InChI=1S/C8H3F4N3O/c9-4-1-2-6-5(3-4)13-14-15(6)7(16)8(10,11)12/h1-3H. The van der Waals surface area contributed by atoms with Crippen molar-refractivity contribution in [2.75, 3.05) is 0 Å². The van der Waals surface area contributed by atoms with E-state index in [4.69, 9.17) is 0 Å². The van der Waals surface area contributed by atoms with Gasteiger partial charge in [0.2, 0.25) is 0 Å². The number of benzene rings is 1. The lowest BCUT2D eigenvalue weighted by molar-refractivity contribution is -0.0953. The van der Waals surface area contributed by atoms with Crippen molar-refractivity contribution in [3.8, 4) is 0 Å². The van der Waals surface area contributed by atoms with Crippen LogP contribution in [0.15, 0.2) is 18.2 Å². The first-order valence-corrected chi connectivity index (χ1v) is 4.02. The number of alkyl halides is 3. The number of nitrogens with zero attached hydrogens (tertiary/aromatic N) is 3. The Kier molecular flexibility index (Phi) is 2.14. The molecule has 1 heterocycles. The number of aromatic nitrogens is 3. The predicted molar refractivity (Wildman–Crippen MR) is 44.2 cm³/mol. The van der Waals surface area contributed by atoms with Crippen molar-refractivity contribution in [3.63, 3.8) is 0 Å². The topological polar surface area (TPSA) is 47.8 Å². The molecular formula is C8H3F4N3O. The van der Waals surface area contributed by atoms with Gasteiger partial charge in [-0.3, -0.25) is 4.79 Å². The van der Waals surface area contributed by atoms with Gasteiger partial charge in [0.15, 0.2) is 0 Å². The molecule has 16 heavy (non-hydrogen) atoms. The summed E-state index contributed by atoms with van der Waals surface area (Å²) in [4.78, 5) is 10.9. The van der Waals surface area contributed by atoms with Gasteiger partial charge in [0, 0.05) is 6.07 Å². The van der Waals surface area contributed by atoms with Crippen LogP contribution in [0.2, 0.25) is 0 Å². The molecule has 0 fully saturated rings. The summed E-state index contributed by atoms with van der Waals surface area (Å²) in [6, 6.07) is 2.82. The van der Waals surface area contributed by atoms with E-state index in [0.29, 0.717) is 0 Å². The van der Waals surface area contributed by atoms with Crippen LogP contribution >= 0.6 is 0 Å². The second-order valence-electron chi connectivity index (χ2n) is 2.94. The van der Waals surface area contributed by atoms with E-state index in [0.717, 1.165) is 18.2 Å². The minimum Gasteiger partial charge on any atom is -0.262 e. The maximum Gasteiger partial charge on any atom is 0.473 e. The summed E-state index contributed by atoms with van der Waals surface area (Å²) in [7, 11) is 0. The monoisotopic (exact) mass is 233 g/mol. The molecular weight excluding hydrogens is 230 g/mol. The summed E-state index contributed by atoms with van der Waals surface area (Å²) in [5.41, 5.74) is -0.304. The molecule has 1 aromatic heterocycles. The van der Waals surface area contributed by atoms with E-state index in [9.17, 15) is 22.4 Å². The highest BCUT2D eigenvalue weighted by molar-refractivity contribution is 5.91.